The summed E-state index contributed by atoms with van der Waals surface area (Å²) in [5, 5.41) is 0. The van der Waals surface area contributed by atoms with E-state index in [2.05, 4.69) is 32.9 Å². The van der Waals surface area contributed by atoms with Crippen molar-refractivity contribution < 1.29 is 0 Å². The maximum atomic E-state index is 5.59. The van der Waals surface area contributed by atoms with Crippen molar-refractivity contribution in [2.24, 2.45) is 5.73 Å². The number of allylic oxidation sites excluding steroid dienone is 1. The topological polar surface area (TPSA) is 26.0 Å². The van der Waals surface area contributed by atoms with Crippen LogP contribution in [0.25, 0.3) is 0 Å². The molecule has 0 atom stereocenters. The molecule has 0 bridgehead atoms. The van der Waals surface area contributed by atoms with Crippen molar-refractivity contribution in [3.63, 3.8) is 0 Å². The Morgan fingerprint density at radius 2 is 1.22 bits per heavy atom. The minimum atomic E-state index is -1.86. The van der Waals surface area contributed by atoms with Crippen molar-refractivity contribution in [2.45, 2.75) is 77.0 Å². The van der Waals surface area contributed by atoms with Crippen LogP contribution in [0.1, 0.15) is 59.3 Å². The molecular weight excluding hydrogens is 325 g/mol. The molecule has 2 N–H and O–H groups in total. The predicted molar refractivity (Wildman–Crippen MR) is 87.9 cm³/mol. The van der Waals surface area contributed by atoms with Crippen LogP contribution < -0.4 is 5.73 Å². The zero-order chi connectivity index (χ0) is 13.7. The molecular formula is C16H35NSn. The number of hydrogen-bond acceptors (Lipinski definition) is 1. The van der Waals surface area contributed by atoms with E-state index < -0.39 is 18.4 Å². The zero-order valence-corrected chi connectivity index (χ0v) is 15.9. The van der Waals surface area contributed by atoms with E-state index in [9.17, 15) is 0 Å². The van der Waals surface area contributed by atoms with Crippen LogP contribution in [0.15, 0.2) is 12.2 Å². The standard InChI is InChI=1S/C4H8N.3C4H9.Sn/c1-2-3-4-5;3*1-3-4-2;/h2-3H,1,4-5H2;3*1,3-4H2,2H3;/b3-2+;;;;. The summed E-state index contributed by atoms with van der Waals surface area (Å²) in [4.78, 5) is 0. The summed E-state index contributed by atoms with van der Waals surface area (Å²) in [5.74, 6) is 0. The molecule has 2 heteroatoms. The Morgan fingerprint density at radius 1 is 0.778 bits per heavy atom. The molecule has 1 nitrogen and oxygen atoms in total. The van der Waals surface area contributed by atoms with Gasteiger partial charge in [0.15, 0.2) is 0 Å². The van der Waals surface area contributed by atoms with Crippen LogP contribution in [0.4, 0.5) is 0 Å². The molecule has 0 aromatic rings. The van der Waals surface area contributed by atoms with Crippen molar-refractivity contribution in [1.29, 1.82) is 0 Å². The predicted octanol–water partition coefficient (Wildman–Crippen LogP) is 5.35. The van der Waals surface area contributed by atoms with Crippen molar-refractivity contribution in [1.82, 2.24) is 0 Å². The second-order valence-electron chi connectivity index (χ2n) is 5.72. The van der Waals surface area contributed by atoms with Crippen molar-refractivity contribution in [3.8, 4) is 0 Å². The molecule has 0 radical (unpaired) electrons. The van der Waals surface area contributed by atoms with Crippen LogP contribution in [0.2, 0.25) is 17.7 Å². The summed E-state index contributed by atoms with van der Waals surface area (Å²) in [7, 11) is 0. The van der Waals surface area contributed by atoms with E-state index in [0.29, 0.717) is 0 Å². The van der Waals surface area contributed by atoms with Gasteiger partial charge in [0.2, 0.25) is 0 Å². The fraction of sp³-hybridized carbons (Fsp3) is 0.875. The van der Waals surface area contributed by atoms with E-state index in [1.54, 1.807) is 13.3 Å². The van der Waals surface area contributed by atoms with Gasteiger partial charge in [0.25, 0.3) is 0 Å². The molecule has 0 rings (SSSR count). The number of hydrogen-bond donors (Lipinski definition) is 1. The van der Waals surface area contributed by atoms with Gasteiger partial charge in [-0.25, -0.2) is 0 Å². The van der Waals surface area contributed by atoms with Gasteiger partial charge in [0.05, 0.1) is 0 Å². The first-order valence-corrected chi connectivity index (χ1v) is 16.2. The number of rotatable bonds is 12. The Bertz CT molecular complexity index is 179. The molecule has 0 saturated carbocycles. The van der Waals surface area contributed by atoms with E-state index in [0.717, 1.165) is 6.54 Å². The third-order valence-corrected chi connectivity index (χ3v) is 19.3. The fourth-order valence-corrected chi connectivity index (χ4v) is 18.0. The third kappa shape index (κ3) is 8.57. The second-order valence-corrected chi connectivity index (χ2v) is 19.7. The first-order valence-electron chi connectivity index (χ1n) is 8.09. The van der Waals surface area contributed by atoms with Crippen LogP contribution in [0.3, 0.4) is 0 Å². The SMILES string of the molecule is CCC[CH2][Sn]([CH2]/C=C/CN)([CH2]CCC)[CH2]CCC. The molecule has 0 spiro atoms. The van der Waals surface area contributed by atoms with E-state index in [-0.39, 0.29) is 0 Å². The molecule has 18 heavy (non-hydrogen) atoms. The summed E-state index contributed by atoms with van der Waals surface area (Å²) in [6.45, 7) is 7.74. The molecule has 0 aromatic heterocycles. The average Bonchev–Trinajstić information content (AvgIpc) is 2.40. The van der Waals surface area contributed by atoms with E-state index >= 15 is 0 Å². The quantitative estimate of drug-likeness (QED) is 0.369. The van der Waals surface area contributed by atoms with E-state index in [1.165, 1.54) is 43.0 Å². The third-order valence-electron chi connectivity index (χ3n) is 4.04. The molecule has 0 heterocycles. The van der Waals surface area contributed by atoms with Crippen LogP contribution in [-0.2, 0) is 0 Å². The van der Waals surface area contributed by atoms with Gasteiger partial charge in [0, 0.05) is 0 Å². The summed E-state index contributed by atoms with van der Waals surface area (Å²) in [6, 6.07) is 0. The Labute approximate surface area is 119 Å². The normalized spacial score (nSPS) is 12.4. The first kappa shape index (κ1) is 18.5. The molecule has 0 amide bonds. The van der Waals surface area contributed by atoms with Crippen LogP contribution >= 0.6 is 0 Å². The van der Waals surface area contributed by atoms with Gasteiger partial charge in [-0.15, -0.1) is 0 Å². The Kier molecular flexibility index (Phi) is 12.9. The Morgan fingerprint density at radius 3 is 1.56 bits per heavy atom. The molecule has 0 aliphatic carbocycles. The maximum absolute atomic E-state index is 5.59. The van der Waals surface area contributed by atoms with Gasteiger partial charge in [-0.3, -0.25) is 0 Å². The molecule has 0 aliphatic heterocycles. The van der Waals surface area contributed by atoms with Crippen molar-refractivity contribution in [3.05, 3.63) is 12.2 Å². The van der Waals surface area contributed by atoms with Crippen molar-refractivity contribution in [2.75, 3.05) is 6.54 Å². The van der Waals surface area contributed by atoms with E-state index in [4.69, 9.17) is 5.73 Å². The van der Waals surface area contributed by atoms with E-state index in [1.807, 2.05) is 0 Å². The first-order chi connectivity index (χ1) is 8.74. The molecule has 0 fully saturated rings. The molecule has 0 saturated heterocycles. The Hall–Kier alpha value is 0.499. The monoisotopic (exact) mass is 361 g/mol. The van der Waals surface area contributed by atoms with Crippen molar-refractivity contribution >= 4 is 18.4 Å². The van der Waals surface area contributed by atoms with Gasteiger partial charge in [-0.2, -0.15) is 0 Å². The van der Waals surface area contributed by atoms with Gasteiger partial charge < -0.3 is 0 Å². The molecule has 0 aliphatic rings. The molecule has 0 unspecified atom stereocenters. The van der Waals surface area contributed by atoms with Gasteiger partial charge in [-0.05, 0) is 0 Å². The summed E-state index contributed by atoms with van der Waals surface area (Å²) in [6.07, 6.45) is 13.2. The second kappa shape index (κ2) is 12.5. The summed E-state index contributed by atoms with van der Waals surface area (Å²) >= 11 is -1.86. The zero-order valence-electron chi connectivity index (χ0n) is 13.0. The van der Waals surface area contributed by atoms with Gasteiger partial charge in [0.1, 0.15) is 0 Å². The number of nitrogens with two attached hydrogens (primary N) is 1. The van der Waals surface area contributed by atoms with Crippen LogP contribution in [-0.4, -0.2) is 24.9 Å². The summed E-state index contributed by atoms with van der Waals surface area (Å²) < 4.78 is 6.28. The Balaban J connectivity index is 4.56. The minimum absolute atomic E-state index is 0.720. The average molecular weight is 360 g/mol. The van der Waals surface area contributed by atoms with Crippen LogP contribution in [0.5, 0.6) is 0 Å². The summed E-state index contributed by atoms with van der Waals surface area (Å²) in [5.41, 5.74) is 5.59. The molecule has 0 aromatic carbocycles. The number of unbranched alkanes of at least 4 members (excludes halogenated alkanes) is 3. The molecule has 108 valence electrons. The van der Waals surface area contributed by atoms with Crippen LogP contribution in [0, 0.1) is 0 Å². The fourth-order valence-electron chi connectivity index (χ4n) is 2.77. The van der Waals surface area contributed by atoms with Gasteiger partial charge in [-0.1, -0.05) is 0 Å². The van der Waals surface area contributed by atoms with Gasteiger partial charge >= 0.3 is 120 Å².